The van der Waals surface area contributed by atoms with Crippen molar-refractivity contribution < 1.29 is 4.74 Å². The highest BCUT2D eigenvalue weighted by atomic mass is 35.5. The minimum atomic E-state index is 0. The molecule has 1 aromatic heterocycles. The first-order valence-corrected chi connectivity index (χ1v) is 7.73. The lowest BCUT2D eigenvalue weighted by molar-refractivity contribution is 0.183. The van der Waals surface area contributed by atoms with Crippen molar-refractivity contribution in [1.29, 1.82) is 0 Å². The molecule has 0 aromatic carbocycles. The molecule has 2 saturated heterocycles. The summed E-state index contributed by atoms with van der Waals surface area (Å²) < 4.78 is 7.07. The first-order chi connectivity index (χ1) is 9.80. The van der Waals surface area contributed by atoms with Crippen molar-refractivity contribution in [2.75, 3.05) is 39.9 Å². The third-order valence-corrected chi connectivity index (χ3v) is 4.80. The predicted octanol–water partition coefficient (Wildman–Crippen LogP) is 1.53. The van der Waals surface area contributed by atoms with Crippen molar-refractivity contribution >= 4 is 12.4 Å². The van der Waals surface area contributed by atoms with Gasteiger partial charge in [0.1, 0.15) is 0 Å². The van der Waals surface area contributed by atoms with E-state index in [1.54, 1.807) is 7.11 Å². The molecule has 3 rings (SSSR count). The second kappa shape index (κ2) is 7.58. The maximum atomic E-state index is 5.09. The van der Waals surface area contributed by atoms with Crippen molar-refractivity contribution in [3.63, 3.8) is 0 Å². The standard InChI is InChI=1S/C15H26N4O.ClH/c1-20-9-8-19-12-14(10-17-19)11-18-7-4-15(13-18)2-5-16-6-3-15;/h10,12,16H,2-9,11,13H2,1H3;1H. The zero-order valence-corrected chi connectivity index (χ0v) is 13.7. The average Bonchev–Trinajstić information content (AvgIpc) is 3.06. The number of nitrogens with zero attached hydrogens (tertiary/aromatic N) is 3. The largest absolute Gasteiger partial charge is 0.383 e. The maximum Gasteiger partial charge on any atom is 0.0658 e. The molecule has 1 spiro atoms. The lowest BCUT2D eigenvalue weighted by Crippen LogP contribution is -2.38. The van der Waals surface area contributed by atoms with Crippen LogP contribution in [0.15, 0.2) is 12.4 Å². The van der Waals surface area contributed by atoms with Gasteiger partial charge in [-0.2, -0.15) is 5.10 Å². The Bertz CT molecular complexity index is 431. The van der Waals surface area contributed by atoms with Gasteiger partial charge >= 0.3 is 0 Å². The Kier molecular flexibility index (Phi) is 6.05. The summed E-state index contributed by atoms with van der Waals surface area (Å²) in [7, 11) is 1.73. The van der Waals surface area contributed by atoms with Crippen molar-refractivity contribution in [3.05, 3.63) is 18.0 Å². The minimum absolute atomic E-state index is 0. The molecular weight excluding hydrogens is 288 g/mol. The van der Waals surface area contributed by atoms with E-state index in [1.165, 1.54) is 51.0 Å². The summed E-state index contributed by atoms with van der Waals surface area (Å²) in [5.41, 5.74) is 1.92. The minimum Gasteiger partial charge on any atom is -0.383 e. The van der Waals surface area contributed by atoms with Crippen LogP contribution in [-0.2, 0) is 17.8 Å². The number of methoxy groups -OCH3 is 1. The van der Waals surface area contributed by atoms with Crippen LogP contribution >= 0.6 is 12.4 Å². The molecule has 1 N–H and O–H groups in total. The molecule has 2 aliphatic heterocycles. The maximum absolute atomic E-state index is 5.09. The van der Waals surface area contributed by atoms with Crippen LogP contribution in [0.1, 0.15) is 24.8 Å². The fourth-order valence-corrected chi connectivity index (χ4v) is 3.58. The topological polar surface area (TPSA) is 42.3 Å². The monoisotopic (exact) mass is 314 g/mol. The van der Waals surface area contributed by atoms with Crippen LogP contribution in [-0.4, -0.2) is 54.6 Å². The molecule has 0 unspecified atom stereocenters. The Morgan fingerprint density at radius 2 is 2.14 bits per heavy atom. The number of aromatic nitrogens is 2. The summed E-state index contributed by atoms with van der Waals surface area (Å²) in [6, 6.07) is 0. The Hall–Kier alpha value is -0.620. The quantitative estimate of drug-likeness (QED) is 0.895. The summed E-state index contributed by atoms with van der Waals surface area (Å²) >= 11 is 0. The molecule has 0 atom stereocenters. The summed E-state index contributed by atoms with van der Waals surface area (Å²) in [5, 5.41) is 7.88. The number of halogens is 1. The highest BCUT2D eigenvalue weighted by Crippen LogP contribution is 2.38. The van der Waals surface area contributed by atoms with Crippen LogP contribution in [0.25, 0.3) is 0 Å². The molecule has 0 radical (unpaired) electrons. The zero-order chi connectivity index (χ0) is 13.8. The number of ether oxygens (including phenoxy) is 1. The van der Waals surface area contributed by atoms with Crippen LogP contribution in [0.3, 0.4) is 0 Å². The van der Waals surface area contributed by atoms with Gasteiger partial charge in [-0.1, -0.05) is 0 Å². The van der Waals surface area contributed by atoms with Gasteiger partial charge in [0.25, 0.3) is 0 Å². The number of likely N-dealkylation sites (tertiary alicyclic amines) is 1. The van der Waals surface area contributed by atoms with Gasteiger partial charge in [0.15, 0.2) is 0 Å². The van der Waals surface area contributed by atoms with Gasteiger partial charge < -0.3 is 10.1 Å². The summed E-state index contributed by atoms with van der Waals surface area (Å²) in [6.45, 7) is 7.50. The van der Waals surface area contributed by atoms with Gasteiger partial charge in [0.2, 0.25) is 0 Å². The molecule has 2 aliphatic rings. The Morgan fingerprint density at radius 1 is 1.33 bits per heavy atom. The van der Waals surface area contributed by atoms with Crippen molar-refractivity contribution in [3.8, 4) is 0 Å². The lowest BCUT2D eigenvalue weighted by atomic mass is 9.78. The molecule has 2 fully saturated rings. The average molecular weight is 315 g/mol. The number of hydrogen-bond acceptors (Lipinski definition) is 4. The van der Waals surface area contributed by atoms with Crippen molar-refractivity contribution in [2.45, 2.75) is 32.4 Å². The van der Waals surface area contributed by atoms with E-state index in [-0.39, 0.29) is 12.4 Å². The second-order valence-electron chi connectivity index (χ2n) is 6.32. The third kappa shape index (κ3) is 4.19. The Labute approximate surface area is 133 Å². The van der Waals surface area contributed by atoms with Crippen LogP contribution < -0.4 is 5.32 Å². The molecule has 6 heteroatoms. The molecule has 5 nitrogen and oxygen atoms in total. The highest BCUT2D eigenvalue weighted by molar-refractivity contribution is 5.85. The zero-order valence-electron chi connectivity index (χ0n) is 12.9. The van der Waals surface area contributed by atoms with Gasteiger partial charge in [-0.15, -0.1) is 12.4 Å². The Balaban J connectivity index is 0.00000161. The molecule has 3 heterocycles. The molecular formula is C15H27ClN4O. The normalized spacial score (nSPS) is 21.6. The van der Waals surface area contributed by atoms with E-state index >= 15 is 0 Å². The molecule has 120 valence electrons. The van der Waals surface area contributed by atoms with E-state index in [9.17, 15) is 0 Å². The molecule has 0 amide bonds. The van der Waals surface area contributed by atoms with Gasteiger partial charge in [-0.3, -0.25) is 9.58 Å². The molecule has 0 bridgehead atoms. The van der Waals surface area contributed by atoms with E-state index in [2.05, 4.69) is 21.5 Å². The van der Waals surface area contributed by atoms with E-state index in [0.717, 1.165) is 19.7 Å². The van der Waals surface area contributed by atoms with E-state index in [4.69, 9.17) is 4.74 Å². The number of piperidine rings is 1. The number of hydrogen-bond donors (Lipinski definition) is 1. The van der Waals surface area contributed by atoms with Crippen LogP contribution in [0.2, 0.25) is 0 Å². The summed E-state index contributed by atoms with van der Waals surface area (Å²) in [5.74, 6) is 0. The van der Waals surface area contributed by atoms with Gasteiger partial charge in [0, 0.05) is 32.0 Å². The number of nitrogens with one attached hydrogen (secondary N) is 1. The highest BCUT2D eigenvalue weighted by Gasteiger charge is 2.38. The first kappa shape index (κ1) is 16.7. The fourth-order valence-electron chi connectivity index (χ4n) is 3.58. The van der Waals surface area contributed by atoms with E-state index < -0.39 is 0 Å². The summed E-state index contributed by atoms with van der Waals surface area (Å²) in [4.78, 5) is 2.60. The molecule has 0 aliphatic carbocycles. The van der Waals surface area contributed by atoms with E-state index in [1.807, 2.05) is 10.9 Å². The summed E-state index contributed by atoms with van der Waals surface area (Å²) in [6.07, 6.45) is 8.22. The van der Waals surface area contributed by atoms with Crippen molar-refractivity contribution in [2.24, 2.45) is 5.41 Å². The molecule has 1 aromatic rings. The van der Waals surface area contributed by atoms with Crippen LogP contribution in [0.5, 0.6) is 0 Å². The second-order valence-corrected chi connectivity index (χ2v) is 6.32. The smallest absolute Gasteiger partial charge is 0.0658 e. The van der Waals surface area contributed by atoms with Crippen LogP contribution in [0, 0.1) is 5.41 Å². The van der Waals surface area contributed by atoms with Gasteiger partial charge in [-0.05, 0) is 44.3 Å². The van der Waals surface area contributed by atoms with E-state index in [0.29, 0.717) is 5.41 Å². The van der Waals surface area contributed by atoms with Gasteiger partial charge in [-0.25, -0.2) is 0 Å². The van der Waals surface area contributed by atoms with Gasteiger partial charge in [0.05, 0.1) is 19.3 Å². The number of rotatable bonds is 5. The Morgan fingerprint density at radius 3 is 2.90 bits per heavy atom. The molecule has 21 heavy (non-hydrogen) atoms. The predicted molar refractivity (Wildman–Crippen MR) is 85.8 cm³/mol. The van der Waals surface area contributed by atoms with Crippen molar-refractivity contribution in [1.82, 2.24) is 20.0 Å². The fraction of sp³-hybridized carbons (Fsp3) is 0.800. The molecule has 0 saturated carbocycles. The third-order valence-electron chi connectivity index (χ3n) is 4.80. The SMILES string of the molecule is COCCn1cc(CN2CCC3(CCNCC3)C2)cn1.Cl. The first-order valence-electron chi connectivity index (χ1n) is 7.73. The lowest BCUT2D eigenvalue weighted by Gasteiger charge is -2.33. The van der Waals surface area contributed by atoms with Crippen LogP contribution in [0.4, 0.5) is 0 Å².